The van der Waals surface area contributed by atoms with Crippen LogP contribution in [0, 0.1) is 27.7 Å². The molecule has 4 nitrogen and oxygen atoms in total. The van der Waals surface area contributed by atoms with Gasteiger partial charge in [0, 0.05) is 26.1 Å². The van der Waals surface area contributed by atoms with E-state index in [-0.39, 0.29) is 13.2 Å². The molecular formula is C35H38O4. The number of aliphatic hydroxyl groups excluding tert-OH is 2. The molecule has 39 heavy (non-hydrogen) atoms. The SMILES string of the molecule is Cc1cc(C2(c3cc(C)c(OCCCO)c(C)c3)c3ccccc3-c3ccccc32)cc(C)c1OCCCO. The molecule has 0 atom stereocenters. The lowest BCUT2D eigenvalue weighted by Crippen LogP contribution is -2.29. The van der Waals surface area contributed by atoms with Gasteiger partial charge < -0.3 is 19.7 Å². The zero-order valence-electron chi connectivity index (χ0n) is 23.4. The molecule has 0 bridgehead atoms. The number of ether oxygens (including phenoxy) is 2. The van der Waals surface area contributed by atoms with Gasteiger partial charge in [0.2, 0.25) is 0 Å². The summed E-state index contributed by atoms with van der Waals surface area (Å²) in [6.07, 6.45) is 1.22. The monoisotopic (exact) mass is 522 g/mol. The highest BCUT2D eigenvalue weighted by atomic mass is 16.5. The van der Waals surface area contributed by atoms with Gasteiger partial charge in [0.25, 0.3) is 0 Å². The van der Waals surface area contributed by atoms with Crippen LogP contribution in [-0.2, 0) is 5.41 Å². The van der Waals surface area contributed by atoms with Gasteiger partial charge in [0.15, 0.2) is 0 Å². The number of hydrogen-bond acceptors (Lipinski definition) is 4. The van der Waals surface area contributed by atoms with Crippen molar-refractivity contribution < 1.29 is 19.7 Å². The smallest absolute Gasteiger partial charge is 0.125 e. The summed E-state index contributed by atoms with van der Waals surface area (Å²) in [5.41, 5.74) is 11.3. The molecule has 4 heteroatoms. The summed E-state index contributed by atoms with van der Waals surface area (Å²) in [6, 6.07) is 26.6. The number of aryl methyl sites for hydroxylation is 4. The van der Waals surface area contributed by atoms with Crippen molar-refractivity contribution in [3.05, 3.63) is 117 Å². The van der Waals surface area contributed by atoms with Crippen molar-refractivity contribution in [1.82, 2.24) is 0 Å². The number of aliphatic hydroxyl groups is 2. The average Bonchev–Trinajstić information content (AvgIpc) is 3.23. The van der Waals surface area contributed by atoms with Crippen LogP contribution in [0.15, 0.2) is 72.8 Å². The van der Waals surface area contributed by atoms with E-state index in [1.807, 2.05) is 0 Å². The van der Waals surface area contributed by atoms with E-state index < -0.39 is 5.41 Å². The Labute approximate surface area is 231 Å². The van der Waals surface area contributed by atoms with Crippen LogP contribution in [0.1, 0.15) is 57.3 Å². The maximum Gasteiger partial charge on any atom is 0.125 e. The van der Waals surface area contributed by atoms with Crippen molar-refractivity contribution in [2.24, 2.45) is 0 Å². The first-order valence-electron chi connectivity index (χ1n) is 13.8. The van der Waals surface area contributed by atoms with E-state index in [4.69, 9.17) is 9.47 Å². The Morgan fingerprint density at radius 3 is 1.28 bits per heavy atom. The molecule has 0 spiro atoms. The Hall–Kier alpha value is -3.60. The highest BCUT2D eigenvalue weighted by Gasteiger charge is 2.46. The molecule has 0 aliphatic heterocycles. The minimum Gasteiger partial charge on any atom is -0.493 e. The molecule has 0 saturated heterocycles. The first kappa shape index (κ1) is 27.0. The lowest BCUT2D eigenvalue weighted by Gasteiger charge is -2.35. The summed E-state index contributed by atoms with van der Waals surface area (Å²) in [5.74, 6) is 1.78. The Morgan fingerprint density at radius 1 is 0.564 bits per heavy atom. The van der Waals surface area contributed by atoms with E-state index in [9.17, 15) is 10.2 Å². The summed E-state index contributed by atoms with van der Waals surface area (Å²) in [6.45, 7) is 9.66. The molecule has 2 N–H and O–H groups in total. The molecule has 4 aromatic carbocycles. The van der Waals surface area contributed by atoms with Gasteiger partial charge in [0.1, 0.15) is 11.5 Å². The summed E-state index contributed by atoms with van der Waals surface area (Å²) in [5, 5.41) is 18.5. The van der Waals surface area contributed by atoms with E-state index in [1.54, 1.807) is 0 Å². The van der Waals surface area contributed by atoms with Crippen molar-refractivity contribution in [2.75, 3.05) is 26.4 Å². The van der Waals surface area contributed by atoms with Gasteiger partial charge in [-0.1, -0.05) is 72.8 Å². The third kappa shape index (κ3) is 4.62. The van der Waals surface area contributed by atoms with Crippen molar-refractivity contribution in [3.8, 4) is 22.6 Å². The molecule has 202 valence electrons. The van der Waals surface area contributed by atoms with E-state index in [0.29, 0.717) is 26.1 Å². The second-order valence-corrected chi connectivity index (χ2v) is 10.6. The van der Waals surface area contributed by atoms with E-state index in [2.05, 4.69) is 100 Å². The lowest BCUT2D eigenvalue weighted by molar-refractivity contribution is 0.232. The summed E-state index contributed by atoms with van der Waals surface area (Å²) >= 11 is 0. The van der Waals surface area contributed by atoms with Crippen LogP contribution in [0.3, 0.4) is 0 Å². The Balaban J connectivity index is 1.78. The largest absolute Gasteiger partial charge is 0.493 e. The second kappa shape index (κ2) is 11.3. The highest BCUT2D eigenvalue weighted by molar-refractivity contribution is 5.86. The molecule has 1 aliphatic carbocycles. The molecule has 0 amide bonds. The van der Waals surface area contributed by atoms with Crippen molar-refractivity contribution in [3.63, 3.8) is 0 Å². The van der Waals surface area contributed by atoms with Gasteiger partial charge >= 0.3 is 0 Å². The number of benzene rings is 4. The van der Waals surface area contributed by atoms with E-state index >= 15 is 0 Å². The van der Waals surface area contributed by atoms with Gasteiger partial charge in [-0.15, -0.1) is 0 Å². The fraction of sp³-hybridized carbons (Fsp3) is 0.314. The lowest BCUT2D eigenvalue weighted by atomic mass is 9.66. The summed E-state index contributed by atoms with van der Waals surface area (Å²) < 4.78 is 12.2. The Bertz CT molecular complexity index is 1330. The van der Waals surface area contributed by atoms with Crippen LogP contribution in [0.25, 0.3) is 11.1 Å². The fourth-order valence-corrected chi connectivity index (χ4v) is 6.29. The van der Waals surface area contributed by atoms with Crippen molar-refractivity contribution in [2.45, 2.75) is 46.0 Å². The number of hydrogen-bond donors (Lipinski definition) is 2. The van der Waals surface area contributed by atoms with Gasteiger partial charge in [0.05, 0.1) is 18.6 Å². The van der Waals surface area contributed by atoms with E-state index in [0.717, 1.165) is 33.8 Å². The highest BCUT2D eigenvalue weighted by Crippen LogP contribution is 2.57. The first-order valence-corrected chi connectivity index (χ1v) is 13.8. The van der Waals surface area contributed by atoms with Crippen LogP contribution in [-0.4, -0.2) is 36.6 Å². The molecule has 0 aromatic heterocycles. The topological polar surface area (TPSA) is 58.9 Å². The van der Waals surface area contributed by atoms with Crippen LogP contribution in [0.4, 0.5) is 0 Å². The normalized spacial score (nSPS) is 13.2. The zero-order valence-corrected chi connectivity index (χ0v) is 23.4. The van der Waals surface area contributed by atoms with Crippen LogP contribution < -0.4 is 9.47 Å². The fourth-order valence-electron chi connectivity index (χ4n) is 6.29. The minimum absolute atomic E-state index is 0.116. The Morgan fingerprint density at radius 2 is 0.923 bits per heavy atom. The van der Waals surface area contributed by atoms with Gasteiger partial charge in [-0.25, -0.2) is 0 Å². The van der Waals surface area contributed by atoms with Crippen LogP contribution in [0.2, 0.25) is 0 Å². The molecule has 1 aliphatic rings. The van der Waals surface area contributed by atoms with Crippen LogP contribution >= 0.6 is 0 Å². The van der Waals surface area contributed by atoms with E-state index in [1.165, 1.54) is 33.4 Å². The molecule has 0 unspecified atom stereocenters. The predicted molar refractivity (Wildman–Crippen MR) is 157 cm³/mol. The molecule has 0 saturated carbocycles. The standard InChI is InChI=1S/C35H38O4/c1-23-19-27(20-24(2)33(23)38-17-9-15-36)35(28-21-25(3)34(26(4)22-28)39-18-10-16-37)31-13-7-5-11-29(31)30-12-6-8-14-32(30)35/h5-8,11-14,19-22,36-37H,9-10,15-18H2,1-4H3. The maximum absolute atomic E-state index is 9.24. The molecular weight excluding hydrogens is 484 g/mol. The minimum atomic E-state index is -0.508. The van der Waals surface area contributed by atoms with Crippen molar-refractivity contribution in [1.29, 1.82) is 0 Å². The molecule has 0 radical (unpaired) electrons. The average molecular weight is 523 g/mol. The van der Waals surface area contributed by atoms with Crippen LogP contribution in [0.5, 0.6) is 11.5 Å². The third-order valence-corrected chi connectivity index (χ3v) is 7.84. The third-order valence-electron chi connectivity index (χ3n) is 7.84. The zero-order chi connectivity index (χ0) is 27.6. The van der Waals surface area contributed by atoms with Gasteiger partial charge in [-0.3, -0.25) is 0 Å². The molecule has 5 rings (SSSR count). The summed E-state index contributed by atoms with van der Waals surface area (Å²) in [4.78, 5) is 0. The van der Waals surface area contributed by atoms with Gasteiger partial charge in [-0.2, -0.15) is 0 Å². The number of rotatable bonds is 10. The molecule has 4 aromatic rings. The molecule has 0 heterocycles. The van der Waals surface area contributed by atoms with Crippen molar-refractivity contribution >= 4 is 0 Å². The van der Waals surface area contributed by atoms with Gasteiger partial charge in [-0.05, 0) is 83.3 Å². The number of fused-ring (bicyclic) bond motifs is 3. The quantitative estimate of drug-likeness (QED) is 0.198. The first-order chi connectivity index (χ1) is 18.9. The Kier molecular flexibility index (Phi) is 7.79. The molecule has 0 fully saturated rings. The predicted octanol–water partition coefficient (Wildman–Crippen LogP) is 6.81. The maximum atomic E-state index is 9.24. The summed E-state index contributed by atoms with van der Waals surface area (Å²) in [7, 11) is 0. The second-order valence-electron chi connectivity index (χ2n) is 10.6.